The maximum atomic E-state index is 12.9. The van der Waals surface area contributed by atoms with E-state index in [1.54, 1.807) is 36.0 Å². The topological polar surface area (TPSA) is 51.1 Å². The van der Waals surface area contributed by atoms with Crippen molar-refractivity contribution in [1.29, 1.82) is 0 Å². The molecule has 0 unspecified atom stereocenters. The molecule has 0 spiro atoms. The number of hydrogen-bond donors (Lipinski definition) is 1. The van der Waals surface area contributed by atoms with Gasteiger partial charge in [0.25, 0.3) is 0 Å². The van der Waals surface area contributed by atoms with E-state index in [9.17, 15) is 14.0 Å². The van der Waals surface area contributed by atoms with E-state index in [1.165, 1.54) is 12.1 Å². The number of rotatable bonds is 7. The maximum Gasteiger partial charge on any atom is 0.239 e. The lowest BCUT2D eigenvalue weighted by atomic mass is 10.1. The number of amides is 1. The fraction of sp³-hybridized carbons (Fsp3) is 0.167. The third kappa shape index (κ3) is 4.39. The summed E-state index contributed by atoms with van der Waals surface area (Å²) in [6.45, 7) is 0.704. The predicted molar refractivity (Wildman–Crippen MR) is 120 cm³/mol. The molecule has 0 aliphatic rings. The number of fused-ring (bicyclic) bond motifs is 2. The van der Waals surface area contributed by atoms with Crippen LogP contribution in [0.3, 0.4) is 0 Å². The highest BCUT2D eigenvalue weighted by atomic mass is 32.2. The first-order valence-electron chi connectivity index (χ1n) is 9.79. The van der Waals surface area contributed by atoms with Crippen molar-refractivity contribution in [2.45, 2.75) is 17.9 Å². The van der Waals surface area contributed by atoms with E-state index < -0.39 is 0 Å². The van der Waals surface area contributed by atoms with Gasteiger partial charge in [0, 0.05) is 22.2 Å². The summed E-state index contributed by atoms with van der Waals surface area (Å²) in [4.78, 5) is 26.4. The molecule has 4 nitrogen and oxygen atoms in total. The molecule has 0 saturated carbocycles. The number of nitrogens with zero attached hydrogens (tertiary/aromatic N) is 1. The van der Waals surface area contributed by atoms with Gasteiger partial charge in [0.2, 0.25) is 5.91 Å². The lowest BCUT2D eigenvalue weighted by Crippen LogP contribution is -2.29. The van der Waals surface area contributed by atoms with E-state index in [0.29, 0.717) is 17.3 Å². The number of nitrogens with one attached hydrogen (secondary N) is 1. The average Bonchev–Trinajstić information content (AvgIpc) is 2.77. The third-order valence-electron chi connectivity index (χ3n) is 4.91. The molecule has 1 aromatic heterocycles. The minimum atomic E-state index is -0.242. The number of halogens is 1. The summed E-state index contributed by atoms with van der Waals surface area (Å²) in [6, 6.07) is 21.2. The number of pyridine rings is 1. The van der Waals surface area contributed by atoms with Crippen molar-refractivity contribution >= 4 is 39.5 Å². The van der Waals surface area contributed by atoms with Gasteiger partial charge in [-0.2, -0.15) is 0 Å². The van der Waals surface area contributed by atoms with Gasteiger partial charge in [0.1, 0.15) is 12.4 Å². The summed E-state index contributed by atoms with van der Waals surface area (Å²) >= 11 is 1.63. The number of carbonyl (C=O) groups excluding carboxylic acids is 1. The van der Waals surface area contributed by atoms with Crippen LogP contribution in [-0.4, -0.2) is 22.8 Å². The maximum absolute atomic E-state index is 12.9. The van der Waals surface area contributed by atoms with Gasteiger partial charge in [0.15, 0.2) is 5.43 Å². The van der Waals surface area contributed by atoms with Crippen molar-refractivity contribution in [2.75, 3.05) is 12.3 Å². The van der Waals surface area contributed by atoms with E-state index in [4.69, 9.17) is 0 Å². The van der Waals surface area contributed by atoms with Crippen molar-refractivity contribution in [2.24, 2.45) is 0 Å². The molecule has 4 aromatic rings. The highest BCUT2D eigenvalue weighted by molar-refractivity contribution is 7.99. The lowest BCUT2D eigenvalue weighted by Gasteiger charge is -2.15. The zero-order valence-electron chi connectivity index (χ0n) is 16.3. The van der Waals surface area contributed by atoms with Gasteiger partial charge >= 0.3 is 0 Å². The molecule has 0 bridgehead atoms. The quantitative estimate of drug-likeness (QED) is 0.270. The van der Waals surface area contributed by atoms with Gasteiger partial charge in [-0.25, -0.2) is 4.39 Å². The van der Waals surface area contributed by atoms with Crippen LogP contribution < -0.4 is 10.7 Å². The van der Waals surface area contributed by atoms with E-state index in [1.807, 2.05) is 41.0 Å². The highest BCUT2D eigenvalue weighted by Crippen LogP contribution is 2.20. The van der Waals surface area contributed by atoms with Crippen LogP contribution in [-0.2, 0) is 11.3 Å². The fourth-order valence-electron chi connectivity index (χ4n) is 3.47. The molecule has 0 aliphatic carbocycles. The van der Waals surface area contributed by atoms with Gasteiger partial charge in [-0.3, -0.25) is 9.59 Å². The van der Waals surface area contributed by atoms with Crippen molar-refractivity contribution in [3.05, 3.63) is 88.8 Å². The number of hydrogen-bond acceptors (Lipinski definition) is 3. The Morgan fingerprint density at radius 2 is 1.50 bits per heavy atom. The second kappa shape index (κ2) is 9.13. The second-order valence-electron chi connectivity index (χ2n) is 6.96. The minimum absolute atomic E-state index is 0.0179. The van der Waals surface area contributed by atoms with Gasteiger partial charge < -0.3 is 9.88 Å². The lowest BCUT2D eigenvalue weighted by molar-refractivity contribution is -0.121. The monoisotopic (exact) mass is 420 g/mol. The molecule has 1 amide bonds. The Balaban J connectivity index is 1.42. The normalized spacial score (nSPS) is 11.1. The summed E-state index contributed by atoms with van der Waals surface area (Å²) in [5.74, 6) is 0.491. The first-order valence-corrected chi connectivity index (χ1v) is 10.8. The van der Waals surface area contributed by atoms with Crippen molar-refractivity contribution in [3.63, 3.8) is 0 Å². The molecule has 3 aromatic carbocycles. The van der Waals surface area contributed by atoms with Gasteiger partial charge in [-0.15, -0.1) is 11.8 Å². The molecule has 6 heteroatoms. The first kappa shape index (κ1) is 20.2. The minimum Gasteiger partial charge on any atom is -0.355 e. The van der Waals surface area contributed by atoms with Crippen molar-refractivity contribution < 1.29 is 9.18 Å². The number of aromatic nitrogens is 1. The summed E-state index contributed by atoms with van der Waals surface area (Å²) in [6.07, 6.45) is 0.805. The molecule has 0 radical (unpaired) electrons. The average molecular weight is 421 g/mol. The fourth-order valence-corrected chi connectivity index (χ4v) is 4.32. The van der Waals surface area contributed by atoms with Gasteiger partial charge in [-0.1, -0.05) is 24.3 Å². The van der Waals surface area contributed by atoms with Gasteiger partial charge in [-0.05, 0) is 60.7 Å². The van der Waals surface area contributed by atoms with E-state index in [2.05, 4.69) is 5.32 Å². The Kier molecular flexibility index (Phi) is 6.14. The number of para-hydroxylation sites is 2. The summed E-state index contributed by atoms with van der Waals surface area (Å²) in [5.41, 5.74) is 1.49. The Labute approximate surface area is 177 Å². The van der Waals surface area contributed by atoms with E-state index in [0.717, 1.165) is 28.1 Å². The van der Waals surface area contributed by atoms with Crippen LogP contribution in [0, 0.1) is 5.82 Å². The molecule has 1 heterocycles. The third-order valence-corrected chi connectivity index (χ3v) is 6.00. The summed E-state index contributed by atoms with van der Waals surface area (Å²) < 4.78 is 14.8. The molecular weight excluding hydrogens is 399 g/mol. The zero-order chi connectivity index (χ0) is 20.9. The number of thioether (sulfide) groups is 1. The van der Waals surface area contributed by atoms with Gasteiger partial charge in [0.05, 0.1) is 11.0 Å². The standard InChI is InChI=1S/C24H21FN2O2S/c25-17-10-12-18(13-11-17)30-15-5-14-26-23(28)16-27-21-8-3-1-6-19(21)24(29)20-7-2-4-9-22(20)27/h1-4,6-13H,5,14-16H2,(H,26,28). The van der Waals surface area contributed by atoms with Crippen LogP contribution in [0.2, 0.25) is 0 Å². The molecule has 30 heavy (non-hydrogen) atoms. The second-order valence-corrected chi connectivity index (χ2v) is 8.12. The van der Waals surface area contributed by atoms with Crippen LogP contribution in [0.15, 0.2) is 82.5 Å². The molecule has 0 fully saturated rings. The molecule has 0 atom stereocenters. The largest absolute Gasteiger partial charge is 0.355 e. The summed E-state index contributed by atoms with van der Waals surface area (Å²) in [7, 11) is 0. The Hall–Kier alpha value is -3.12. The molecule has 0 aliphatic heterocycles. The molecule has 1 N–H and O–H groups in total. The Morgan fingerprint density at radius 1 is 0.900 bits per heavy atom. The van der Waals surface area contributed by atoms with E-state index >= 15 is 0 Å². The Bertz CT molecular complexity index is 1190. The van der Waals surface area contributed by atoms with Crippen LogP contribution in [0.1, 0.15) is 6.42 Å². The number of carbonyl (C=O) groups is 1. The number of benzene rings is 3. The zero-order valence-corrected chi connectivity index (χ0v) is 17.1. The molecule has 152 valence electrons. The van der Waals surface area contributed by atoms with Crippen LogP contribution in [0.5, 0.6) is 0 Å². The van der Waals surface area contributed by atoms with Crippen LogP contribution >= 0.6 is 11.8 Å². The van der Waals surface area contributed by atoms with Crippen LogP contribution in [0.4, 0.5) is 4.39 Å². The van der Waals surface area contributed by atoms with Crippen molar-refractivity contribution in [3.8, 4) is 0 Å². The Morgan fingerprint density at radius 3 is 2.13 bits per heavy atom. The van der Waals surface area contributed by atoms with E-state index in [-0.39, 0.29) is 23.7 Å². The van der Waals surface area contributed by atoms with Crippen molar-refractivity contribution in [1.82, 2.24) is 9.88 Å². The highest BCUT2D eigenvalue weighted by Gasteiger charge is 2.12. The summed E-state index contributed by atoms with van der Waals surface area (Å²) in [5, 5.41) is 4.18. The first-order chi connectivity index (χ1) is 14.6. The smallest absolute Gasteiger partial charge is 0.239 e. The SMILES string of the molecule is O=C(Cn1c2ccccc2c(=O)c2ccccc21)NCCCSc1ccc(F)cc1. The molecular formula is C24H21FN2O2S. The van der Waals surface area contributed by atoms with Crippen LogP contribution in [0.25, 0.3) is 21.8 Å². The molecule has 4 rings (SSSR count). The predicted octanol–water partition coefficient (Wildman–Crippen LogP) is 4.59. The molecule has 0 saturated heterocycles.